The Kier molecular flexibility index (Phi) is 2.54. The van der Waals surface area contributed by atoms with Crippen LogP contribution in [0.1, 0.15) is 32.1 Å². The SMILES string of the molecule is NCC1CCCC1NC(=O)C1CC1. The summed E-state index contributed by atoms with van der Waals surface area (Å²) in [5.74, 6) is 1.13. The minimum atomic E-state index is 0.269. The van der Waals surface area contributed by atoms with E-state index in [0.29, 0.717) is 17.9 Å². The maximum absolute atomic E-state index is 11.5. The molecule has 0 aliphatic heterocycles. The van der Waals surface area contributed by atoms with Gasteiger partial charge in [0.1, 0.15) is 0 Å². The topological polar surface area (TPSA) is 55.1 Å². The summed E-state index contributed by atoms with van der Waals surface area (Å²) in [5.41, 5.74) is 5.64. The quantitative estimate of drug-likeness (QED) is 0.673. The molecule has 0 aromatic heterocycles. The molecule has 2 atom stereocenters. The van der Waals surface area contributed by atoms with Crippen molar-refractivity contribution in [3.05, 3.63) is 0 Å². The Labute approximate surface area is 79.1 Å². The summed E-state index contributed by atoms with van der Waals surface area (Å²) in [6, 6.07) is 0.373. The second-order valence-electron chi connectivity index (χ2n) is 4.32. The molecular formula is C10H18N2O. The van der Waals surface area contributed by atoms with E-state index in [-0.39, 0.29) is 5.91 Å². The Morgan fingerprint density at radius 1 is 1.31 bits per heavy atom. The predicted octanol–water partition coefficient (Wildman–Crippen LogP) is 0.640. The molecule has 0 radical (unpaired) electrons. The van der Waals surface area contributed by atoms with Crippen LogP contribution in [-0.4, -0.2) is 18.5 Å². The highest BCUT2D eigenvalue weighted by Crippen LogP contribution is 2.31. The van der Waals surface area contributed by atoms with E-state index >= 15 is 0 Å². The van der Waals surface area contributed by atoms with Crippen molar-refractivity contribution in [2.45, 2.75) is 38.1 Å². The predicted molar refractivity (Wildman–Crippen MR) is 51.1 cm³/mol. The molecule has 2 aliphatic rings. The number of carbonyl (C=O) groups excluding carboxylic acids is 1. The average Bonchev–Trinajstić information content (AvgIpc) is 2.88. The fourth-order valence-corrected chi connectivity index (χ4v) is 2.16. The number of carbonyl (C=O) groups is 1. The van der Waals surface area contributed by atoms with Gasteiger partial charge in [0.15, 0.2) is 0 Å². The lowest BCUT2D eigenvalue weighted by atomic mass is 10.0. The van der Waals surface area contributed by atoms with Gasteiger partial charge in [-0.1, -0.05) is 6.42 Å². The van der Waals surface area contributed by atoms with Gasteiger partial charge >= 0.3 is 0 Å². The highest BCUT2D eigenvalue weighted by atomic mass is 16.2. The summed E-state index contributed by atoms with van der Waals surface area (Å²) in [7, 11) is 0. The van der Waals surface area contributed by atoms with Gasteiger partial charge in [0.05, 0.1) is 0 Å². The third-order valence-corrected chi connectivity index (χ3v) is 3.24. The first kappa shape index (κ1) is 9.00. The van der Waals surface area contributed by atoms with Crippen LogP contribution in [0.5, 0.6) is 0 Å². The van der Waals surface area contributed by atoms with Gasteiger partial charge in [0.2, 0.25) is 5.91 Å². The zero-order valence-corrected chi connectivity index (χ0v) is 7.96. The van der Waals surface area contributed by atoms with Gasteiger partial charge in [-0.2, -0.15) is 0 Å². The molecule has 2 unspecified atom stereocenters. The number of nitrogens with one attached hydrogen (secondary N) is 1. The lowest BCUT2D eigenvalue weighted by molar-refractivity contribution is -0.123. The summed E-state index contributed by atoms with van der Waals surface area (Å²) in [6.07, 6.45) is 5.71. The lowest BCUT2D eigenvalue weighted by Crippen LogP contribution is -2.40. The van der Waals surface area contributed by atoms with Crippen molar-refractivity contribution >= 4 is 5.91 Å². The molecule has 3 heteroatoms. The molecule has 1 amide bonds. The molecular weight excluding hydrogens is 164 g/mol. The fourth-order valence-electron chi connectivity index (χ4n) is 2.16. The van der Waals surface area contributed by atoms with Crippen LogP contribution in [0.25, 0.3) is 0 Å². The second kappa shape index (κ2) is 3.66. The van der Waals surface area contributed by atoms with Crippen LogP contribution in [-0.2, 0) is 4.79 Å². The largest absolute Gasteiger partial charge is 0.353 e. The first-order valence-corrected chi connectivity index (χ1v) is 5.31. The van der Waals surface area contributed by atoms with Gasteiger partial charge in [0, 0.05) is 12.0 Å². The minimum absolute atomic E-state index is 0.269. The Balaban J connectivity index is 1.82. The highest BCUT2D eigenvalue weighted by molar-refractivity contribution is 5.81. The van der Waals surface area contributed by atoms with Crippen molar-refractivity contribution in [3.8, 4) is 0 Å². The summed E-state index contributed by atoms with van der Waals surface area (Å²) >= 11 is 0. The summed E-state index contributed by atoms with van der Waals surface area (Å²) in [4.78, 5) is 11.5. The molecule has 0 spiro atoms. The minimum Gasteiger partial charge on any atom is -0.353 e. The van der Waals surface area contributed by atoms with E-state index in [2.05, 4.69) is 5.32 Å². The first-order chi connectivity index (χ1) is 6.31. The molecule has 2 aliphatic carbocycles. The van der Waals surface area contributed by atoms with Crippen LogP contribution in [0.2, 0.25) is 0 Å². The molecule has 0 aromatic rings. The maximum atomic E-state index is 11.5. The third kappa shape index (κ3) is 2.02. The van der Waals surface area contributed by atoms with Gasteiger partial charge in [-0.15, -0.1) is 0 Å². The van der Waals surface area contributed by atoms with E-state index in [1.165, 1.54) is 12.8 Å². The van der Waals surface area contributed by atoms with Crippen molar-refractivity contribution in [3.63, 3.8) is 0 Å². The van der Waals surface area contributed by atoms with Crippen molar-refractivity contribution in [2.24, 2.45) is 17.6 Å². The van der Waals surface area contributed by atoms with Crippen molar-refractivity contribution in [2.75, 3.05) is 6.54 Å². The van der Waals surface area contributed by atoms with Crippen LogP contribution in [0.3, 0.4) is 0 Å². The molecule has 13 heavy (non-hydrogen) atoms. The van der Waals surface area contributed by atoms with Gasteiger partial charge in [-0.3, -0.25) is 4.79 Å². The van der Waals surface area contributed by atoms with Crippen molar-refractivity contribution in [1.82, 2.24) is 5.32 Å². The molecule has 2 saturated carbocycles. The Bertz CT molecular complexity index is 201. The van der Waals surface area contributed by atoms with Gasteiger partial charge in [-0.25, -0.2) is 0 Å². The molecule has 3 N–H and O–H groups in total. The van der Waals surface area contributed by atoms with Crippen LogP contribution in [0.15, 0.2) is 0 Å². The van der Waals surface area contributed by atoms with Crippen LogP contribution < -0.4 is 11.1 Å². The molecule has 0 heterocycles. The fraction of sp³-hybridized carbons (Fsp3) is 0.900. The Hall–Kier alpha value is -0.570. The second-order valence-corrected chi connectivity index (χ2v) is 4.32. The van der Waals surface area contributed by atoms with E-state index in [4.69, 9.17) is 5.73 Å². The van der Waals surface area contributed by atoms with Crippen LogP contribution in [0, 0.1) is 11.8 Å². The summed E-state index contributed by atoms with van der Waals surface area (Å²) < 4.78 is 0. The highest BCUT2D eigenvalue weighted by Gasteiger charge is 2.34. The Morgan fingerprint density at radius 2 is 2.08 bits per heavy atom. The number of nitrogens with two attached hydrogens (primary N) is 1. The first-order valence-electron chi connectivity index (χ1n) is 5.31. The standard InChI is InChI=1S/C10H18N2O/c11-6-8-2-1-3-9(8)12-10(13)7-4-5-7/h7-9H,1-6,11H2,(H,12,13). The van der Waals surface area contributed by atoms with E-state index in [9.17, 15) is 4.79 Å². The number of amides is 1. The number of rotatable bonds is 3. The van der Waals surface area contributed by atoms with E-state index < -0.39 is 0 Å². The van der Waals surface area contributed by atoms with Crippen LogP contribution >= 0.6 is 0 Å². The molecule has 2 fully saturated rings. The molecule has 2 rings (SSSR count). The van der Waals surface area contributed by atoms with Crippen molar-refractivity contribution < 1.29 is 4.79 Å². The van der Waals surface area contributed by atoms with Gasteiger partial charge in [0.25, 0.3) is 0 Å². The normalized spacial score (nSPS) is 33.3. The lowest BCUT2D eigenvalue weighted by Gasteiger charge is -2.19. The van der Waals surface area contributed by atoms with E-state index in [1.807, 2.05) is 0 Å². The molecule has 0 bridgehead atoms. The average molecular weight is 182 g/mol. The number of hydrogen-bond acceptors (Lipinski definition) is 2. The monoisotopic (exact) mass is 182 g/mol. The zero-order valence-electron chi connectivity index (χ0n) is 7.96. The number of hydrogen-bond donors (Lipinski definition) is 2. The third-order valence-electron chi connectivity index (χ3n) is 3.24. The van der Waals surface area contributed by atoms with Crippen molar-refractivity contribution in [1.29, 1.82) is 0 Å². The summed E-state index contributed by atoms with van der Waals surface area (Å²) in [5, 5.41) is 3.12. The van der Waals surface area contributed by atoms with Gasteiger partial charge < -0.3 is 11.1 Å². The van der Waals surface area contributed by atoms with Gasteiger partial charge in [-0.05, 0) is 38.1 Å². The smallest absolute Gasteiger partial charge is 0.223 e. The molecule has 3 nitrogen and oxygen atoms in total. The Morgan fingerprint density at radius 3 is 2.69 bits per heavy atom. The molecule has 0 saturated heterocycles. The maximum Gasteiger partial charge on any atom is 0.223 e. The molecule has 0 aromatic carbocycles. The van der Waals surface area contributed by atoms with Crippen LogP contribution in [0.4, 0.5) is 0 Å². The molecule has 74 valence electrons. The zero-order chi connectivity index (χ0) is 9.26. The van der Waals surface area contributed by atoms with E-state index in [0.717, 1.165) is 25.8 Å². The van der Waals surface area contributed by atoms with E-state index in [1.54, 1.807) is 0 Å². The summed E-state index contributed by atoms with van der Waals surface area (Å²) in [6.45, 7) is 0.718.